The van der Waals surface area contributed by atoms with Crippen LogP contribution in [0.25, 0.3) is 0 Å². The number of oxime groups is 1. The topological polar surface area (TPSA) is 71.3 Å². The summed E-state index contributed by atoms with van der Waals surface area (Å²) in [5.41, 5.74) is 0.575. The van der Waals surface area contributed by atoms with Gasteiger partial charge in [0, 0.05) is 17.8 Å². The molecular formula is C10H6N4OS. The molecule has 2 heterocycles. The molecule has 5 nitrogen and oxygen atoms in total. The molecule has 0 aromatic carbocycles. The minimum absolute atomic E-state index is 0.454. The largest absolute Gasteiger partial charge is 0.411 e. The van der Waals surface area contributed by atoms with Crippen molar-refractivity contribution in [2.45, 2.75) is 0 Å². The Hall–Kier alpha value is -2.26. The van der Waals surface area contributed by atoms with Crippen molar-refractivity contribution in [1.82, 2.24) is 15.0 Å². The summed E-state index contributed by atoms with van der Waals surface area (Å²) < 4.78 is 0. The Balaban J connectivity index is 2.18. The highest BCUT2D eigenvalue weighted by atomic mass is 32.1. The van der Waals surface area contributed by atoms with Crippen molar-refractivity contribution in [3.8, 4) is 11.8 Å². The molecule has 0 aliphatic rings. The van der Waals surface area contributed by atoms with Crippen molar-refractivity contribution in [3.63, 3.8) is 0 Å². The van der Waals surface area contributed by atoms with E-state index in [9.17, 15) is 0 Å². The molecular weight excluding hydrogens is 224 g/mol. The summed E-state index contributed by atoms with van der Waals surface area (Å²) in [6, 6.07) is 1.73. The third-order valence-electron chi connectivity index (χ3n) is 1.56. The maximum absolute atomic E-state index is 8.31. The summed E-state index contributed by atoms with van der Waals surface area (Å²) in [5, 5.41) is 13.6. The second-order valence-electron chi connectivity index (χ2n) is 2.64. The Morgan fingerprint density at radius 1 is 1.31 bits per heavy atom. The SMILES string of the molecule is O/N=C/c1csc(C#Cc2ncccn2)n1. The smallest absolute Gasteiger partial charge is 0.205 e. The van der Waals surface area contributed by atoms with E-state index in [-0.39, 0.29) is 0 Å². The molecule has 0 unspecified atom stereocenters. The Bertz CT molecular complexity index is 553. The van der Waals surface area contributed by atoms with Gasteiger partial charge in [0.15, 0.2) is 5.01 Å². The summed E-state index contributed by atoms with van der Waals surface area (Å²) >= 11 is 1.37. The molecule has 0 aliphatic heterocycles. The van der Waals surface area contributed by atoms with Gasteiger partial charge >= 0.3 is 0 Å². The Kier molecular flexibility index (Phi) is 3.21. The van der Waals surface area contributed by atoms with E-state index in [0.29, 0.717) is 16.5 Å². The number of thiazole rings is 1. The van der Waals surface area contributed by atoms with Gasteiger partial charge in [-0.1, -0.05) is 5.16 Å². The van der Waals surface area contributed by atoms with Gasteiger partial charge in [0.1, 0.15) is 0 Å². The molecule has 0 bridgehead atoms. The second-order valence-corrected chi connectivity index (χ2v) is 3.50. The molecule has 0 amide bonds. The summed E-state index contributed by atoms with van der Waals surface area (Å²) in [5.74, 6) is 6.07. The molecule has 1 N–H and O–H groups in total. The maximum atomic E-state index is 8.31. The van der Waals surface area contributed by atoms with Crippen LogP contribution in [-0.2, 0) is 0 Å². The molecule has 6 heteroatoms. The van der Waals surface area contributed by atoms with Gasteiger partial charge in [-0.15, -0.1) is 11.3 Å². The fraction of sp³-hybridized carbons (Fsp3) is 0. The van der Waals surface area contributed by atoms with Crippen LogP contribution < -0.4 is 0 Å². The number of rotatable bonds is 1. The van der Waals surface area contributed by atoms with Gasteiger partial charge in [0.05, 0.1) is 11.9 Å². The van der Waals surface area contributed by atoms with Gasteiger partial charge in [0.2, 0.25) is 5.82 Å². The zero-order chi connectivity index (χ0) is 11.2. The van der Waals surface area contributed by atoms with Crippen LogP contribution in [-0.4, -0.2) is 26.4 Å². The first kappa shape index (κ1) is 10.3. The highest BCUT2D eigenvalue weighted by molar-refractivity contribution is 7.10. The fourth-order valence-electron chi connectivity index (χ4n) is 0.935. The van der Waals surface area contributed by atoms with Crippen LogP contribution in [0.4, 0.5) is 0 Å². The van der Waals surface area contributed by atoms with Crippen LogP contribution in [0.1, 0.15) is 16.5 Å². The van der Waals surface area contributed by atoms with Crippen LogP contribution >= 0.6 is 11.3 Å². The molecule has 2 rings (SSSR count). The molecule has 0 aliphatic carbocycles. The third kappa shape index (κ3) is 2.62. The summed E-state index contributed by atoms with van der Waals surface area (Å²) in [7, 11) is 0. The number of hydrogen-bond donors (Lipinski definition) is 1. The standard InChI is InChI=1S/C10H6N4OS/c15-13-6-8-7-16-10(14-8)3-2-9-11-4-1-5-12-9/h1,4-7,15H/b13-6+. The van der Waals surface area contributed by atoms with Crippen LogP contribution in [0.2, 0.25) is 0 Å². The summed E-state index contributed by atoms with van der Waals surface area (Å²) in [6.45, 7) is 0. The molecule has 0 atom stereocenters. The monoisotopic (exact) mass is 230 g/mol. The maximum Gasteiger partial charge on any atom is 0.205 e. The van der Waals surface area contributed by atoms with Gasteiger partial charge in [0.25, 0.3) is 0 Å². The predicted octanol–water partition coefficient (Wildman–Crippen LogP) is 1.14. The van der Waals surface area contributed by atoms with E-state index in [4.69, 9.17) is 5.21 Å². The molecule has 2 aromatic heterocycles. The van der Waals surface area contributed by atoms with Gasteiger partial charge < -0.3 is 5.21 Å². The molecule has 0 fully saturated rings. The minimum Gasteiger partial charge on any atom is -0.411 e. The lowest BCUT2D eigenvalue weighted by Gasteiger charge is -1.83. The van der Waals surface area contributed by atoms with E-state index < -0.39 is 0 Å². The van der Waals surface area contributed by atoms with Crippen molar-refractivity contribution in [1.29, 1.82) is 0 Å². The van der Waals surface area contributed by atoms with Crippen LogP contribution in [0.15, 0.2) is 29.0 Å². The van der Waals surface area contributed by atoms with E-state index in [1.807, 2.05) is 0 Å². The predicted molar refractivity (Wildman–Crippen MR) is 59.5 cm³/mol. The van der Waals surface area contributed by atoms with Crippen molar-refractivity contribution >= 4 is 17.6 Å². The van der Waals surface area contributed by atoms with Gasteiger partial charge in [-0.3, -0.25) is 0 Å². The van der Waals surface area contributed by atoms with E-state index >= 15 is 0 Å². The first-order valence-electron chi connectivity index (χ1n) is 4.30. The van der Waals surface area contributed by atoms with Crippen molar-refractivity contribution in [3.05, 3.63) is 40.4 Å². The lowest BCUT2D eigenvalue weighted by molar-refractivity contribution is 0.321. The first-order valence-corrected chi connectivity index (χ1v) is 5.18. The molecule has 16 heavy (non-hydrogen) atoms. The van der Waals surface area contributed by atoms with E-state index in [0.717, 1.165) is 0 Å². The number of hydrogen-bond acceptors (Lipinski definition) is 6. The molecule has 0 saturated carbocycles. The molecule has 78 valence electrons. The van der Waals surface area contributed by atoms with Crippen molar-refractivity contribution in [2.24, 2.45) is 5.16 Å². The first-order chi connectivity index (χ1) is 7.88. The zero-order valence-electron chi connectivity index (χ0n) is 8.03. The number of nitrogens with zero attached hydrogens (tertiary/aromatic N) is 4. The Morgan fingerprint density at radius 3 is 2.88 bits per heavy atom. The minimum atomic E-state index is 0.454. The van der Waals surface area contributed by atoms with E-state index in [2.05, 4.69) is 31.9 Å². The van der Waals surface area contributed by atoms with Crippen LogP contribution in [0, 0.1) is 11.8 Å². The Labute approximate surface area is 95.5 Å². The van der Waals surface area contributed by atoms with Gasteiger partial charge in [-0.2, -0.15) is 0 Å². The lowest BCUT2D eigenvalue weighted by atomic mass is 10.5. The summed E-state index contributed by atoms with van der Waals surface area (Å²) in [6.07, 6.45) is 4.51. The van der Waals surface area contributed by atoms with Crippen molar-refractivity contribution in [2.75, 3.05) is 0 Å². The lowest BCUT2D eigenvalue weighted by Crippen LogP contribution is -1.85. The van der Waals surface area contributed by atoms with Crippen molar-refractivity contribution < 1.29 is 5.21 Å². The highest BCUT2D eigenvalue weighted by Gasteiger charge is 1.96. The van der Waals surface area contributed by atoms with Gasteiger partial charge in [-0.25, -0.2) is 15.0 Å². The van der Waals surface area contributed by atoms with Crippen LogP contribution in [0.5, 0.6) is 0 Å². The Morgan fingerprint density at radius 2 is 2.12 bits per heavy atom. The van der Waals surface area contributed by atoms with E-state index in [1.54, 1.807) is 23.8 Å². The molecule has 0 saturated heterocycles. The highest BCUT2D eigenvalue weighted by Crippen LogP contribution is 2.06. The normalized spacial score (nSPS) is 10.0. The molecule has 0 spiro atoms. The van der Waals surface area contributed by atoms with Crippen LogP contribution in [0.3, 0.4) is 0 Å². The average Bonchev–Trinajstić information content (AvgIpc) is 2.76. The number of aromatic nitrogens is 3. The summed E-state index contributed by atoms with van der Waals surface area (Å²) in [4.78, 5) is 12.0. The molecule has 0 radical (unpaired) electrons. The fourth-order valence-corrected chi connectivity index (χ4v) is 1.55. The van der Waals surface area contributed by atoms with Gasteiger partial charge in [-0.05, 0) is 17.9 Å². The average molecular weight is 230 g/mol. The quantitative estimate of drug-likeness (QED) is 0.345. The third-order valence-corrected chi connectivity index (χ3v) is 2.33. The second kappa shape index (κ2) is 5.00. The molecule has 2 aromatic rings. The zero-order valence-corrected chi connectivity index (χ0v) is 8.85. The van der Waals surface area contributed by atoms with E-state index in [1.165, 1.54) is 17.6 Å².